The number of halogens is 36. The van der Waals surface area contributed by atoms with E-state index in [1.54, 1.807) is 0 Å². The zero-order chi connectivity index (χ0) is 55.6. The van der Waals surface area contributed by atoms with Crippen LogP contribution in [0.3, 0.4) is 0 Å². The van der Waals surface area contributed by atoms with Crippen LogP contribution < -0.4 is 0 Å². The van der Waals surface area contributed by atoms with Gasteiger partial charge in [0.1, 0.15) is 0 Å². The Balaban J connectivity index is 8.31. The SMILES string of the molecule is FC(F)(F)C(OB(OCC(COB(OC(C(F)(F)F)C(F)(F)F)OC(C(F)(F)F)C(F)(F)F)OB(OC(C(F)(F)F)C(F)(F)F)OC(C(F)(F)F)C(F)(F)F)OC(C(F)(F)F)C(F)(F)F)C(F)(F)F. The van der Waals surface area contributed by atoms with Crippen molar-refractivity contribution in [3.05, 3.63) is 0 Å². The van der Waals surface area contributed by atoms with Crippen molar-refractivity contribution in [2.24, 2.45) is 0 Å². The van der Waals surface area contributed by atoms with Crippen molar-refractivity contribution in [2.75, 3.05) is 13.2 Å². The van der Waals surface area contributed by atoms with Crippen LogP contribution in [0.25, 0.3) is 0 Å². The van der Waals surface area contributed by atoms with Crippen molar-refractivity contribution >= 4 is 22.0 Å². The summed E-state index contributed by atoms with van der Waals surface area (Å²) < 4.78 is 501. The Morgan fingerprint density at radius 2 is 0.333 bits per heavy atom. The third-order valence-corrected chi connectivity index (χ3v) is 6.19. The van der Waals surface area contributed by atoms with Crippen molar-refractivity contribution < 1.29 is 200 Å². The maximum Gasteiger partial charge on any atom is 0.641 e. The van der Waals surface area contributed by atoms with Crippen LogP contribution in [0.2, 0.25) is 0 Å². The molecule has 0 aromatic heterocycles. The first-order valence-electron chi connectivity index (χ1n) is 15.4. The van der Waals surface area contributed by atoms with E-state index in [0.29, 0.717) is 0 Å². The number of hydrogen-bond acceptors (Lipinski definition) is 9. The average Bonchev–Trinajstić information content (AvgIpc) is 3.01. The van der Waals surface area contributed by atoms with Gasteiger partial charge in [0.25, 0.3) is 0 Å². The van der Waals surface area contributed by atoms with E-state index in [1.165, 1.54) is 0 Å². The van der Waals surface area contributed by atoms with Crippen molar-refractivity contribution in [2.45, 2.75) is 117 Å². The molecule has 0 heterocycles. The highest BCUT2D eigenvalue weighted by Gasteiger charge is 2.67. The summed E-state index contributed by atoms with van der Waals surface area (Å²) in [4.78, 5) is 0. The van der Waals surface area contributed by atoms with E-state index in [1.807, 2.05) is 0 Å². The zero-order valence-corrected chi connectivity index (χ0v) is 30.5. The van der Waals surface area contributed by atoms with Gasteiger partial charge in [-0.2, -0.15) is 158 Å². The second-order valence-corrected chi connectivity index (χ2v) is 11.9. The van der Waals surface area contributed by atoms with Crippen LogP contribution in [-0.4, -0.2) is 152 Å². The lowest BCUT2D eigenvalue weighted by Gasteiger charge is -2.33. The molecule has 0 aromatic rings. The van der Waals surface area contributed by atoms with Crippen LogP contribution in [0.5, 0.6) is 0 Å². The van der Waals surface area contributed by atoms with E-state index in [-0.39, 0.29) is 0 Å². The van der Waals surface area contributed by atoms with Crippen LogP contribution in [0.4, 0.5) is 158 Å². The molecule has 0 rings (SSSR count). The first kappa shape index (κ1) is 66.3. The minimum Gasteiger partial charge on any atom is -0.383 e. The summed E-state index contributed by atoms with van der Waals surface area (Å²) in [6.07, 6.45) is -127. The van der Waals surface area contributed by atoms with Gasteiger partial charge in [0.15, 0.2) is 0 Å². The van der Waals surface area contributed by atoms with E-state index in [4.69, 9.17) is 0 Å². The molecule has 0 amide bonds. The highest BCUT2D eigenvalue weighted by atomic mass is 19.5. The van der Waals surface area contributed by atoms with Gasteiger partial charge in [0.2, 0.25) is 36.6 Å². The molecule has 0 aliphatic heterocycles. The van der Waals surface area contributed by atoms with E-state index in [0.717, 1.165) is 0 Å². The molecule has 0 bridgehead atoms. The maximum absolute atomic E-state index is 13.2. The molecule has 48 heteroatoms. The molecule has 9 nitrogen and oxygen atoms in total. The molecule has 0 aromatic carbocycles. The summed E-state index contributed by atoms with van der Waals surface area (Å²) in [5, 5.41) is 0. The van der Waals surface area contributed by atoms with E-state index < -0.39 is 152 Å². The molecule has 69 heavy (non-hydrogen) atoms. The molecule has 0 spiro atoms. The summed E-state index contributed by atoms with van der Waals surface area (Å²) in [6, 6.07) is 0. The number of rotatable bonds is 20. The van der Waals surface area contributed by atoms with Crippen molar-refractivity contribution in [1.29, 1.82) is 0 Å². The standard InChI is InChI=1S/C21H11B3F36O9/c25-10(26,27)4(11(28,29)30)64-22(65-5(12(31,32)33)13(34,35)36)61-1-3(63-24(68-8(18(49,50)51)19(52,53)54)69-9(20(55,56)57)21(58,59)60)2-62-23(66-6(14(37,38)39)15(40,41)42)67-7(16(43,44)45)17(46,47)48/h3-9H,1-2H2. The fraction of sp³-hybridized carbons (Fsp3) is 1.00. The Labute approximate surface area is 353 Å². The van der Waals surface area contributed by atoms with Crippen molar-refractivity contribution in [3.8, 4) is 0 Å². The molecule has 0 fully saturated rings. The Morgan fingerprint density at radius 1 is 0.203 bits per heavy atom. The van der Waals surface area contributed by atoms with E-state index in [9.17, 15) is 158 Å². The largest absolute Gasteiger partial charge is 0.641 e. The molecular weight excluding hydrogens is 1110 g/mol. The van der Waals surface area contributed by atoms with Gasteiger partial charge in [0, 0.05) is 0 Å². The molecule has 0 atom stereocenters. The van der Waals surface area contributed by atoms with Crippen molar-refractivity contribution in [3.63, 3.8) is 0 Å². The summed E-state index contributed by atoms with van der Waals surface area (Å²) in [6.45, 7) is -6.94. The van der Waals surface area contributed by atoms with Gasteiger partial charge in [-0.1, -0.05) is 0 Å². The topological polar surface area (TPSA) is 83.1 Å². The predicted molar refractivity (Wildman–Crippen MR) is 136 cm³/mol. The zero-order valence-electron chi connectivity index (χ0n) is 30.5. The van der Waals surface area contributed by atoms with Crippen LogP contribution in [0.1, 0.15) is 0 Å². The van der Waals surface area contributed by atoms with Crippen LogP contribution in [0, 0.1) is 0 Å². The average molecular weight is 1120 g/mol. The normalized spacial score (nSPS) is 15.3. The van der Waals surface area contributed by atoms with Crippen LogP contribution in [-0.2, 0) is 41.9 Å². The monoisotopic (exact) mass is 1120 g/mol. The first-order valence-corrected chi connectivity index (χ1v) is 15.4. The molecule has 0 saturated heterocycles. The summed E-state index contributed by atoms with van der Waals surface area (Å²) >= 11 is 0. The fourth-order valence-corrected chi connectivity index (χ4v) is 3.68. The molecule has 0 N–H and O–H groups in total. The lowest BCUT2D eigenvalue weighted by atomic mass is 10.1. The van der Waals surface area contributed by atoms with Gasteiger partial charge in [-0.25, -0.2) is 0 Å². The summed E-state index contributed by atoms with van der Waals surface area (Å²) in [5.74, 6) is 0. The Morgan fingerprint density at radius 3 is 0.464 bits per heavy atom. The second kappa shape index (κ2) is 22.2. The summed E-state index contributed by atoms with van der Waals surface area (Å²) in [5.41, 5.74) is 0. The number of hydrogen-bond donors (Lipinski definition) is 0. The third kappa shape index (κ3) is 22.7. The minimum absolute atomic E-state index is 2.74. The Hall–Kier alpha value is -2.69. The Kier molecular flexibility index (Phi) is 21.3. The quantitative estimate of drug-likeness (QED) is 0.0875. The van der Waals surface area contributed by atoms with E-state index >= 15 is 0 Å². The molecule has 0 unspecified atom stereocenters. The Bertz CT molecular complexity index is 1280. The molecule has 0 aliphatic carbocycles. The predicted octanol–water partition coefficient (Wildman–Crippen LogP) is 10.4. The van der Waals surface area contributed by atoms with Gasteiger partial charge in [-0.3, -0.25) is 0 Å². The highest BCUT2D eigenvalue weighted by molar-refractivity contribution is 6.37. The maximum atomic E-state index is 13.2. The third-order valence-electron chi connectivity index (χ3n) is 6.19. The minimum atomic E-state index is -7.31. The number of alkyl halides is 36. The van der Waals surface area contributed by atoms with E-state index in [2.05, 4.69) is 41.9 Å². The van der Waals surface area contributed by atoms with Gasteiger partial charge in [-0.15, -0.1) is 0 Å². The van der Waals surface area contributed by atoms with Gasteiger partial charge < -0.3 is 41.9 Å². The smallest absolute Gasteiger partial charge is 0.383 e. The van der Waals surface area contributed by atoms with Gasteiger partial charge in [0.05, 0.1) is 19.3 Å². The van der Waals surface area contributed by atoms with Crippen LogP contribution in [0.15, 0.2) is 0 Å². The molecule has 410 valence electrons. The van der Waals surface area contributed by atoms with Crippen molar-refractivity contribution in [1.82, 2.24) is 0 Å². The molecule has 0 aliphatic rings. The lowest BCUT2D eigenvalue weighted by molar-refractivity contribution is -0.327. The van der Waals surface area contributed by atoms with Gasteiger partial charge >= 0.3 is 96.1 Å². The fourth-order valence-electron chi connectivity index (χ4n) is 3.68. The lowest BCUT2D eigenvalue weighted by Crippen LogP contribution is -2.56. The molecule has 0 radical (unpaired) electrons. The molecular formula is C21H11B3F36O9. The molecule has 0 saturated carbocycles. The first-order chi connectivity index (χ1) is 29.8. The summed E-state index contributed by atoms with van der Waals surface area (Å²) in [7, 11) is -15.9. The van der Waals surface area contributed by atoms with Crippen LogP contribution >= 0.6 is 0 Å². The highest BCUT2D eigenvalue weighted by Crippen LogP contribution is 2.43. The second-order valence-electron chi connectivity index (χ2n) is 11.9. The van der Waals surface area contributed by atoms with Gasteiger partial charge in [-0.05, 0) is 0 Å².